The summed E-state index contributed by atoms with van der Waals surface area (Å²) in [6.45, 7) is 9.43. The average molecular weight is 308 g/mol. The normalized spacial score (nSPS) is 10.3. The van der Waals surface area contributed by atoms with E-state index in [4.69, 9.17) is 5.73 Å². The number of anilines is 1. The predicted octanol–water partition coefficient (Wildman–Crippen LogP) is 3.60. The third kappa shape index (κ3) is 3.96. The summed E-state index contributed by atoms with van der Waals surface area (Å²) >= 11 is 3.51. The zero-order valence-corrected chi connectivity index (χ0v) is 12.5. The van der Waals surface area contributed by atoms with Gasteiger partial charge in [0.05, 0.1) is 0 Å². The molecule has 0 radical (unpaired) electrons. The molecule has 0 spiro atoms. The van der Waals surface area contributed by atoms with Crippen molar-refractivity contribution >= 4 is 34.0 Å². The summed E-state index contributed by atoms with van der Waals surface area (Å²) in [6, 6.07) is 4.17. The van der Waals surface area contributed by atoms with E-state index in [1.807, 2.05) is 6.92 Å². The van der Waals surface area contributed by atoms with Crippen LogP contribution < -0.4 is 5.73 Å². The lowest BCUT2D eigenvalue weighted by Gasteiger charge is -2.20. The molecule has 0 amide bonds. The second-order valence-electron chi connectivity index (χ2n) is 3.76. The molecule has 0 aliphatic rings. The molecule has 0 aliphatic carbocycles. The maximum absolute atomic E-state index is 6.06. The summed E-state index contributed by atoms with van der Waals surface area (Å²) in [6.07, 6.45) is 0. The first-order valence-electron chi connectivity index (χ1n) is 5.35. The largest absolute Gasteiger partial charge is 0.398 e. The third-order valence-corrected chi connectivity index (χ3v) is 3.18. The fourth-order valence-corrected chi connectivity index (χ4v) is 2.26. The Morgan fingerprint density at radius 3 is 2.31 bits per heavy atom. The summed E-state index contributed by atoms with van der Waals surface area (Å²) in [7, 11) is 0. The van der Waals surface area contributed by atoms with Crippen LogP contribution in [-0.2, 0) is 6.54 Å². The van der Waals surface area contributed by atoms with Crippen LogP contribution in [0.25, 0.3) is 0 Å². The fraction of sp³-hybridized carbons (Fsp3) is 0.500. The molecular formula is C12H20BrClN2. The SMILES string of the molecule is CCN(CC)Cc1cc(Br)cc(C)c1N.Cl. The second kappa shape index (κ2) is 7.15. The van der Waals surface area contributed by atoms with E-state index in [0.717, 1.165) is 35.4 Å². The van der Waals surface area contributed by atoms with Crippen LogP contribution in [0.5, 0.6) is 0 Å². The highest BCUT2D eigenvalue weighted by molar-refractivity contribution is 9.10. The van der Waals surface area contributed by atoms with Gasteiger partial charge in [-0.05, 0) is 43.3 Å². The van der Waals surface area contributed by atoms with Crippen molar-refractivity contribution in [3.05, 3.63) is 27.7 Å². The first kappa shape index (κ1) is 15.8. The Kier molecular flexibility index (Phi) is 7.04. The number of benzene rings is 1. The Labute approximate surface area is 113 Å². The summed E-state index contributed by atoms with van der Waals surface area (Å²) in [5, 5.41) is 0. The van der Waals surface area contributed by atoms with Crippen molar-refractivity contribution in [2.75, 3.05) is 18.8 Å². The number of nitrogens with zero attached hydrogens (tertiary/aromatic N) is 1. The van der Waals surface area contributed by atoms with E-state index in [1.54, 1.807) is 0 Å². The lowest BCUT2D eigenvalue weighted by atomic mass is 10.1. The molecule has 0 bridgehead atoms. The van der Waals surface area contributed by atoms with Crippen LogP contribution in [0, 0.1) is 6.92 Å². The molecular weight excluding hydrogens is 288 g/mol. The minimum absolute atomic E-state index is 0. The molecule has 1 rings (SSSR count). The molecule has 1 aromatic carbocycles. The van der Waals surface area contributed by atoms with Crippen LogP contribution >= 0.6 is 28.3 Å². The van der Waals surface area contributed by atoms with Crippen molar-refractivity contribution in [3.8, 4) is 0 Å². The lowest BCUT2D eigenvalue weighted by molar-refractivity contribution is 0.296. The average Bonchev–Trinajstić information content (AvgIpc) is 2.21. The van der Waals surface area contributed by atoms with Gasteiger partial charge < -0.3 is 5.73 Å². The summed E-state index contributed by atoms with van der Waals surface area (Å²) in [5.41, 5.74) is 9.34. The highest BCUT2D eigenvalue weighted by atomic mass is 79.9. The Bertz CT molecular complexity index is 338. The van der Waals surface area contributed by atoms with Gasteiger partial charge in [0.1, 0.15) is 0 Å². The van der Waals surface area contributed by atoms with E-state index in [9.17, 15) is 0 Å². The van der Waals surface area contributed by atoms with Crippen LogP contribution in [0.4, 0.5) is 5.69 Å². The Hall–Kier alpha value is -0.250. The first-order valence-corrected chi connectivity index (χ1v) is 6.14. The van der Waals surface area contributed by atoms with Crippen LogP contribution in [0.1, 0.15) is 25.0 Å². The van der Waals surface area contributed by atoms with E-state index >= 15 is 0 Å². The number of halogens is 2. The van der Waals surface area contributed by atoms with Crippen LogP contribution in [0.15, 0.2) is 16.6 Å². The molecule has 0 atom stereocenters. The van der Waals surface area contributed by atoms with Crippen molar-refractivity contribution in [2.24, 2.45) is 0 Å². The molecule has 0 unspecified atom stereocenters. The van der Waals surface area contributed by atoms with Gasteiger partial charge >= 0.3 is 0 Å². The molecule has 0 aliphatic heterocycles. The standard InChI is InChI=1S/C12H19BrN2.ClH/c1-4-15(5-2)8-10-7-11(13)6-9(3)12(10)14;/h6-7H,4-5,8,14H2,1-3H3;1H. The van der Waals surface area contributed by atoms with Gasteiger partial charge in [0, 0.05) is 16.7 Å². The van der Waals surface area contributed by atoms with Gasteiger partial charge in [-0.25, -0.2) is 0 Å². The van der Waals surface area contributed by atoms with Crippen molar-refractivity contribution in [2.45, 2.75) is 27.3 Å². The molecule has 0 aromatic heterocycles. The summed E-state index contributed by atoms with van der Waals surface area (Å²) in [4.78, 5) is 2.36. The van der Waals surface area contributed by atoms with Gasteiger partial charge in [0.2, 0.25) is 0 Å². The first-order chi connectivity index (χ1) is 7.08. The Balaban J connectivity index is 0.00000225. The molecule has 2 N–H and O–H groups in total. The summed E-state index contributed by atoms with van der Waals surface area (Å²) < 4.78 is 1.11. The molecule has 1 aromatic rings. The highest BCUT2D eigenvalue weighted by Gasteiger charge is 2.07. The quantitative estimate of drug-likeness (QED) is 0.861. The van der Waals surface area contributed by atoms with Crippen LogP contribution in [0.3, 0.4) is 0 Å². The molecule has 0 heterocycles. The predicted molar refractivity (Wildman–Crippen MR) is 77.2 cm³/mol. The van der Waals surface area contributed by atoms with Crippen molar-refractivity contribution in [3.63, 3.8) is 0 Å². The maximum Gasteiger partial charge on any atom is 0.0390 e. The number of hydrogen-bond acceptors (Lipinski definition) is 2. The zero-order valence-electron chi connectivity index (χ0n) is 10.1. The smallest absolute Gasteiger partial charge is 0.0390 e. The fourth-order valence-electron chi connectivity index (χ4n) is 1.64. The van der Waals surface area contributed by atoms with E-state index < -0.39 is 0 Å². The van der Waals surface area contributed by atoms with Gasteiger partial charge in [-0.15, -0.1) is 12.4 Å². The topological polar surface area (TPSA) is 29.3 Å². The lowest BCUT2D eigenvalue weighted by Crippen LogP contribution is -2.22. The number of aryl methyl sites for hydroxylation is 1. The molecule has 4 heteroatoms. The van der Waals surface area contributed by atoms with Crippen molar-refractivity contribution < 1.29 is 0 Å². The Morgan fingerprint density at radius 2 is 1.81 bits per heavy atom. The minimum Gasteiger partial charge on any atom is -0.398 e. The van der Waals surface area contributed by atoms with Gasteiger partial charge in [0.15, 0.2) is 0 Å². The molecule has 92 valence electrons. The number of hydrogen-bond donors (Lipinski definition) is 1. The monoisotopic (exact) mass is 306 g/mol. The molecule has 0 saturated heterocycles. The van der Waals surface area contributed by atoms with E-state index in [2.05, 4.69) is 46.8 Å². The zero-order chi connectivity index (χ0) is 11.4. The van der Waals surface area contributed by atoms with E-state index in [0.29, 0.717) is 0 Å². The van der Waals surface area contributed by atoms with Gasteiger partial charge in [-0.2, -0.15) is 0 Å². The Morgan fingerprint density at radius 1 is 1.25 bits per heavy atom. The minimum atomic E-state index is 0. The molecule has 2 nitrogen and oxygen atoms in total. The molecule has 0 fully saturated rings. The van der Waals surface area contributed by atoms with Gasteiger partial charge in [-0.3, -0.25) is 4.90 Å². The van der Waals surface area contributed by atoms with Crippen molar-refractivity contribution in [1.29, 1.82) is 0 Å². The van der Waals surface area contributed by atoms with Crippen LogP contribution in [0.2, 0.25) is 0 Å². The van der Waals surface area contributed by atoms with E-state index in [1.165, 1.54) is 5.56 Å². The van der Waals surface area contributed by atoms with Gasteiger partial charge in [-0.1, -0.05) is 29.8 Å². The number of rotatable bonds is 4. The third-order valence-electron chi connectivity index (χ3n) is 2.73. The highest BCUT2D eigenvalue weighted by Crippen LogP contribution is 2.24. The van der Waals surface area contributed by atoms with Crippen molar-refractivity contribution in [1.82, 2.24) is 4.90 Å². The second-order valence-corrected chi connectivity index (χ2v) is 4.67. The van der Waals surface area contributed by atoms with Crippen LogP contribution in [-0.4, -0.2) is 18.0 Å². The van der Waals surface area contributed by atoms with E-state index in [-0.39, 0.29) is 12.4 Å². The summed E-state index contributed by atoms with van der Waals surface area (Å²) in [5.74, 6) is 0. The molecule has 0 saturated carbocycles. The molecule has 16 heavy (non-hydrogen) atoms. The number of nitrogen functional groups attached to an aromatic ring is 1. The maximum atomic E-state index is 6.06. The number of nitrogens with two attached hydrogens (primary N) is 1. The van der Waals surface area contributed by atoms with Gasteiger partial charge in [0.25, 0.3) is 0 Å².